The molecule has 0 rings (SSSR count). The smallest absolute Gasteiger partial charge is 0.331 e. The van der Waals surface area contributed by atoms with Crippen molar-refractivity contribution in [2.45, 2.75) is 13.3 Å². The van der Waals surface area contributed by atoms with Gasteiger partial charge in [0.15, 0.2) is 0 Å². The highest BCUT2D eigenvalue weighted by molar-refractivity contribution is 7.88. The molecule has 0 aromatic rings. The largest absolute Gasteiger partial charge is 0.463 e. The molecule has 0 bridgehead atoms. The van der Waals surface area contributed by atoms with E-state index in [-0.39, 0.29) is 6.61 Å². The number of rotatable bonds is 4. The Morgan fingerprint density at radius 2 is 2.17 bits per heavy atom. The maximum atomic E-state index is 10.6. The second-order valence-electron chi connectivity index (χ2n) is 1.99. The van der Waals surface area contributed by atoms with Gasteiger partial charge in [-0.1, -0.05) is 6.92 Å². The summed E-state index contributed by atoms with van der Waals surface area (Å²) in [7, 11) is -4.23. The van der Waals surface area contributed by atoms with Gasteiger partial charge in [-0.15, -0.1) is 0 Å². The first-order valence-electron chi connectivity index (χ1n) is 3.28. The SMILES string of the molecule is CCCOC(=O)C=CS(=O)(=O)O. The number of carbonyl (C=O) groups is 1. The number of hydrogen-bond acceptors (Lipinski definition) is 4. The van der Waals surface area contributed by atoms with Crippen molar-refractivity contribution in [3.05, 3.63) is 11.5 Å². The van der Waals surface area contributed by atoms with Crippen LogP contribution in [0.1, 0.15) is 13.3 Å². The molecule has 70 valence electrons. The zero-order valence-electron chi connectivity index (χ0n) is 6.56. The Bertz CT molecular complexity index is 264. The molecule has 0 amide bonds. The van der Waals surface area contributed by atoms with E-state index in [9.17, 15) is 13.2 Å². The van der Waals surface area contributed by atoms with Crippen LogP contribution in [0.5, 0.6) is 0 Å². The van der Waals surface area contributed by atoms with Crippen LogP contribution in [0.2, 0.25) is 0 Å². The predicted molar refractivity (Wildman–Crippen MR) is 41.9 cm³/mol. The molecule has 0 saturated carbocycles. The summed E-state index contributed by atoms with van der Waals surface area (Å²) in [5, 5.41) is 0.380. The van der Waals surface area contributed by atoms with Gasteiger partial charge in [0.2, 0.25) is 0 Å². The lowest BCUT2D eigenvalue weighted by molar-refractivity contribution is -0.137. The number of ether oxygens (including phenoxy) is 1. The van der Waals surface area contributed by atoms with Gasteiger partial charge in [0, 0.05) is 6.08 Å². The second kappa shape index (κ2) is 4.89. The Labute approximate surface area is 70.8 Å². The van der Waals surface area contributed by atoms with Crippen LogP contribution in [0.25, 0.3) is 0 Å². The molecule has 0 aliphatic carbocycles. The van der Waals surface area contributed by atoms with Crippen molar-refractivity contribution in [1.82, 2.24) is 0 Å². The summed E-state index contributed by atoms with van der Waals surface area (Å²) in [6, 6.07) is 0. The fourth-order valence-electron chi connectivity index (χ4n) is 0.392. The van der Waals surface area contributed by atoms with Gasteiger partial charge in [0.1, 0.15) is 0 Å². The fourth-order valence-corrected chi connectivity index (χ4v) is 0.675. The molecule has 6 heteroatoms. The maximum absolute atomic E-state index is 10.6. The standard InChI is InChI=1S/C6H10O5S/c1-2-4-11-6(7)3-5-12(8,9)10/h3,5H,2,4H2,1H3,(H,8,9,10). The van der Waals surface area contributed by atoms with Crippen LogP contribution in [0.4, 0.5) is 0 Å². The Kier molecular flexibility index (Phi) is 4.53. The summed E-state index contributed by atoms with van der Waals surface area (Å²) in [6.45, 7) is 2.04. The van der Waals surface area contributed by atoms with E-state index in [2.05, 4.69) is 4.74 Å². The van der Waals surface area contributed by atoms with Gasteiger partial charge in [0.25, 0.3) is 10.1 Å². The van der Waals surface area contributed by atoms with Crippen LogP contribution in [-0.4, -0.2) is 25.5 Å². The second-order valence-corrected chi connectivity index (χ2v) is 3.29. The van der Waals surface area contributed by atoms with Gasteiger partial charge < -0.3 is 4.74 Å². The van der Waals surface area contributed by atoms with Crippen LogP contribution in [0, 0.1) is 0 Å². The molecule has 1 N–H and O–H groups in total. The molecule has 5 nitrogen and oxygen atoms in total. The Balaban J connectivity index is 3.93. The molecule has 0 spiro atoms. The maximum Gasteiger partial charge on any atom is 0.331 e. The van der Waals surface area contributed by atoms with Crippen molar-refractivity contribution in [3.63, 3.8) is 0 Å². The third-order valence-electron chi connectivity index (χ3n) is 0.825. The quantitative estimate of drug-likeness (QED) is 0.396. The number of hydrogen-bond donors (Lipinski definition) is 1. The van der Waals surface area contributed by atoms with Gasteiger partial charge in [-0.25, -0.2) is 4.79 Å². The summed E-state index contributed by atoms with van der Waals surface area (Å²) >= 11 is 0. The van der Waals surface area contributed by atoms with Crippen LogP contribution in [0.15, 0.2) is 11.5 Å². The van der Waals surface area contributed by atoms with Crippen molar-refractivity contribution in [3.8, 4) is 0 Å². The fraction of sp³-hybridized carbons (Fsp3) is 0.500. The van der Waals surface area contributed by atoms with Crippen molar-refractivity contribution in [2.24, 2.45) is 0 Å². The topological polar surface area (TPSA) is 80.7 Å². The molecule has 0 aromatic heterocycles. The molecule has 0 radical (unpaired) electrons. The van der Waals surface area contributed by atoms with E-state index in [4.69, 9.17) is 4.55 Å². The van der Waals surface area contributed by atoms with E-state index >= 15 is 0 Å². The highest BCUT2D eigenvalue weighted by Gasteiger charge is 1.99. The lowest BCUT2D eigenvalue weighted by Crippen LogP contribution is -2.02. The van der Waals surface area contributed by atoms with Crippen LogP contribution in [0.3, 0.4) is 0 Å². The highest BCUT2D eigenvalue weighted by Crippen LogP contribution is 1.88. The summed E-state index contributed by atoms with van der Waals surface area (Å²) in [6.07, 6.45) is 1.32. The van der Waals surface area contributed by atoms with Crippen LogP contribution < -0.4 is 0 Å². The summed E-state index contributed by atoms with van der Waals surface area (Å²) < 4.78 is 32.8. The molecule has 0 saturated heterocycles. The van der Waals surface area contributed by atoms with Gasteiger partial charge in [-0.05, 0) is 6.42 Å². The monoisotopic (exact) mass is 194 g/mol. The van der Waals surface area contributed by atoms with Gasteiger partial charge >= 0.3 is 5.97 Å². The molecule has 12 heavy (non-hydrogen) atoms. The normalized spacial score (nSPS) is 11.8. The number of carbonyl (C=O) groups excluding carboxylic acids is 1. The zero-order valence-corrected chi connectivity index (χ0v) is 7.37. The van der Waals surface area contributed by atoms with E-state index in [0.29, 0.717) is 17.9 Å². The molecule has 0 unspecified atom stereocenters. The number of esters is 1. The van der Waals surface area contributed by atoms with E-state index in [1.54, 1.807) is 6.92 Å². The first kappa shape index (κ1) is 11.1. The molecule has 0 atom stereocenters. The third kappa shape index (κ3) is 7.23. The molecule has 0 fully saturated rings. The van der Waals surface area contributed by atoms with E-state index < -0.39 is 16.1 Å². The van der Waals surface area contributed by atoms with Crippen molar-refractivity contribution >= 4 is 16.1 Å². The van der Waals surface area contributed by atoms with E-state index in [1.165, 1.54) is 0 Å². The predicted octanol–water partition coefficient (Wildman–Crippen LogP) is 0.341. The Morgan fingerprint density at radius 1 is 1.58 bits per heavy atom. The van der Waals surface area contributed by atoms with Crippen molar-refractivity contribution < 1.29 is 22.5 Å². The minimum absolute atomic E-state index is 0.231. The minimum atomic E-state index is -4.23. The molecule has 0 aliphatic rings. The Morgan fingerprint density at radius 3 is 2.58 bits per heavy atom. The molecular formula is C6H10O5S. The van der Waals surface area contributed by atoms with E-state index in [1.807, 2.05) is 0 Å². The molecule has 0 aromatic carbocycles. The third-order valence-corrected chi connectivity index (χ3v) is 1.30. The highest BCUT2D eigenvalue weighted by atomic mass is 32.2. The van der Waals surface area contributed by atoms with Crippen molar-refractivity contribution in [2.75, 3.05) is 6.61 Å². The lowest BCUT2D eigenvalue weighted by Gasteiger charge is -1.95. The van der Waals surface area contributed by atoms with Crippen LogP contribution in [-0.2, 0) is 19.6 Å². The zero-order chi connectivity index (χ0) is 9.61. The first-order valence-corrected chi connectivity index (χ1v) is 4.78. The minimum Gasteiger partial charge on any atom is -0.463 e. The van der Waals surface area contributed by atoms with Crippen molar-refractivity contribution in [1.29, 1.82) is 0 Å². The molecule has 0 aliphatic heterocycles. The molecule has 0 heterocycles. The summed E-state index contributed by atoms with van der Waals surface area (Å²) in [5.74, 6) is -0.783. The average Bonchev–Trinajstić information content (AvgIpc) is 1.95. The first-order chi connectivity index (χ1) is 5.45. The van der Waals surface area contributed by atoms with Gasteiger partial charge in [-0.3, -0.25) is 4.55 Å². The van der Waals surface area contributed by atoms with Gasteiger partial charge in [0.05, 0.1) is 12.0 Å². The van der Waals surface area contributed by atoms with E-state index in [0.717, 1.165) is 0 Å². The summed E-state index contributed by atoms with van der Waals surface area (Å²) in [5.41, 5.74) is 0. The average molecular weight is 194 g/mol. The Hall–Kier alpha value is -0.880. The summed E-state index contributed by atoms with van der Waals surface area (Å²) in [4.78, 5) is 10.6. The lowest BCUT2D eigenvalue weighted by atomic mass is 10.5. The van der Waals surface area contributed by atoms with Crippen LogP contribution >= 0.6 is 0 Å². The van der Waals surface area contributed by atoms with Gasteiger partial charge in [-0.2, -0.15) is 8.42 Å². The molecular weight excluding hydrogens is 184 g/mol.